The van der Waals surface area contributed by atoms with E-state index in [-0.39, 0.29) is 5.91 Å². The van der Waals surface area contributed by atoms with Gasteiger partial charge in [-0.3, -0.25) is 4.79 Å². The highest BCUT2D eigenvalue weighted by Gasteiger charge is 2.20. The van der Waals surface area contributed by atoms with Crippen molar-refractivity contribution < 1.29 is 4.79 Å². The summed E-state index contributed by atoms with van der Waals surface area (Å²) in [5, 5.41) is 11.6. The van der Waals surface area contributed by atoms with Gasteiger partial charge in [-0.25, -0.2) is 4.68 Å². The average molecular weight is 392 g/mol. The van der Waals surface area contributed by atoms with Gasteiger partial charge in [-0.1, -0.05) is 33.3 Å². The van der Waals surface area contributed by atoms with Gasteiger partial charge in [0.15, 0.2) is 5.69 Å². The van der Waals surface area contributed by atoms with Gasteiger partial charge in [-0.05, 0) is 50.0 Å². The van der Waals surface area contributed by atoms with Gasteiger partial charge in [-0.15, -0.1) is 5.10 Å². The second-order valence-corrected chi connectivity index (χ2v) is 7.08. The van der Waals surface area contributed by atoms with Crippen LogP contribution < -0.4 is 5.32 Å². The fourth-order valence-corrected chi connectivity index (χ4v) is 3.13. The minimum atomic E-state index is -0.0766. The number of piperidine rings is 1. The van der Waals surface area contributed by atoms with Gasteiger partial charge in [0.25, 0.3) is 5.91 Å². The maximum absolute atomic E-state index is 12.5. The first-order chi connectivity index (χ1) is 11.6. The highest BCUT2D eigenvalue weighted by atomic mass is 79.9. The maximum atomic E-state index is 12.5. The molecule has 3 rings (SSSR count). The van der Waals surface area contributed by atoms with Crippen LogP contribution in [0.15, 0.2) is 34.9 Å². The lowest BCUT2D eigenvalue weighted by atomic mass is 10.1. The van der Waals surface area contributed by atoms with Gasteiger partial charge < -0.3 is 10.2 Å². The third-order valence-corrected chi connectivity index (χ3v) is 4.94. The van der Waals surface area contributed by atoms with Crippen molar-refractivity contribution in [3.05, 3.63) is 46.2 Å². The Kier molecular flexibility index (Phi) is 5.63. The molecule has 0 bridgehead atoms. The Morgan fingerprint density at radius 3 is 2.75 bits per heavy atom. The highest BCUT2D eigenvalue weighted by Crippen LogP contribution is 2.17. The first kappa shape index (κ1) is 17.1. The summed E-state index contributed by atoms with van der Waals surface area (Å²) in [7, 11) is 1.81. The van der Waals surface area contributed by atoms with Gasteiger partial charge >= 0.3 is 0 Å². The van der Waals surface area contributed by atoms with Crippen LogP contribution in [0.4, 0.5) is 0 Å². The third-order valence-electron chi connectivity index (χ3n) is 4.41. The largest absolute Gasteiger partial charge is 0.340 e. The van der Waals surface area contributed by atoms with Gasteiger partial charge in [0.05, 0.1) is 12.2 Å². The Morgan fingerprint density at radius 2 is 2.04 bits per heavy atom. The van der Waals surface area contributed by atoms with Crippen molar-refractivity contribution in [1.82, 2.24) is 25.2 Å². The monoisotopic (exact) mass is 391 g/mol. The molecule has 24 heavy (non-hydrogen) atoms. The number of carbonyl (C=O) groups excluding carboxylic acids is 1. The van der Waals surface area contributed by atoms with Crippen molar-refractivity contribution >= 4 is 21.8 Å². The summed E-state index contributed by atoms with van der Waals surface area (Å²) in [4.78, 5) is 14.2. The molecule has 0 radical (unpaired) electrons. The minimum absolute atomic E-state index is 0.0766. The second kappa shape index (κ2) is 7.90. The fraction of sp³-hybridized carbons (Fsp3) is 0.471. The zero-order chi connectivity index (χ0) is 16.9. The molecular formula is C17H22BrN5O. The Hall–Kier alpha value is -1.73. The normalized spacial score (nSPS) is 15.4. The first-order valence-corrected chi connectivity index (χ1v) is 9.05. The molecule has 2 heterocycles. The number of carbonyl (C=O) groups is 1. The zero-order valence-electron chi connectivity index (χ0n) is 13.8. The van der Waals surface area contributed by atoms with Gasteiger partial charge in [0, 0.05) is 18.1 Å². The van der Waals surface area contributed by atoms with Crippen LogP contribution in [-0.2, 0) is 6.42 Å². The number of benzene rings is 1. The van der Waals surface area contributed by atoms with Crippen LogP contribution in [0.5, 0.6) is 0 Å². The molecule has 1 aromatic carbocycles. The minimum Gasteiger partial charge on any atom is -0.340 e. The number of nitrogens with zero attached hydrogens (tertiary/aromatic N) is 4. The molecule has 1 fully saturated rings. The molecule has 1 saturated heterocycles. The van der Waals surface area contributed by atoms with Gasteiger partial charge in [0.1, 0.15) is 0 Å². The smallest absolute Gasteiger partial charge is 0.275 e. The molecule has 128 valence electrons. The Labute approximate surface area is 150 Å². The van der Waals surface area contributed by atoms with E-state index in [2.05, 4.69) is 43.7 Å². The molecule has 1 N–H and O–H groups in total. The number of amides is 1. The predicted molar refractivity (Wildman–Crippen MR) is 96.0 cm³/mol. The fourth-order valence-electron chi connectivity index (χ4n) is 2.87. The topological polar surface area (TPSA) is 63.1 Å². The number of rotatable bonds is 5. The molecule has 0 saturated carbocycles. The van der Waals surface area contributed by atoms with E-state index in [1.807, 2.05) is 23.9 Å². The summed E-state index contributed by atoms with van der Waals surface area (Å²) >= 11 is 3.43. The summed E-state index contributed by atoms with van der Waals surface area (Å²) in [6, 6.07) is 8.50. The molecule has 1 aromatic heterocycles. The van der Waals surface area contributed by atoms with Crippen LogP contribution in [0.25, 0.3) is 0 Å². The number of hydrogen-bond donors (Lipinski definition) is 1. The lowest BCUT2D eigenvalue weighted by Crippen LogP contribution is -2.30. The standard InChI is InChI=1S/C17H22BrN5O/c1-22(11-8-13-2-4-14(18)5-3-13)17(24)16-12-23(21-20-16)15-6-9-19-10-7-15/h2-5,12,15,19H,6-11H2,1H3. The van der Waals surface area contributed by atoms with Crippen molar-refractivity contribution in [2.24, 2.45) is 0 Å². The summed E-state index contributed by atoms with van der Waals surface area (Å²) in [6.45, 7) is 2.63. The quantitative estimate of drug-likeness (QED) is 0.848. The molecule has 0 spiro atoms. The lowest BCUT2D eigenvalue weighted by Gasteiger charge is -2.22. The molecule has 1 aliphatic heterocycles. The second-order valence-electron chi connectivity index (χ2n) is 6.17. The van der Waals surface area contributed by atoms with Crippen molar-refractivity contribution in [2.75, 3.05) is 26.7 Å². The lowest BCUT2D eigenvalue weighted by molar-refractivity contribution is 0.0790. The number of aromatic nitrogens is 3. The van der Waals surface area contributed by atoms with Crippen molar-refractivity contribution in [2.45, 2.75) is 25.3 Å². The van der Waals surface area contributed by atoms with Crippen molar-refractivity contribution in [1.29, 1.82) is 0 Å². The third kappa shape index (κ3) is 4.21. The molecular weight excluding hydrogens is 370 g/mol. The van der Waals surface area contributed by atoms with Gasteiger partial charge in [0.2, 0.25) is 0 Å². The maximum Gasteiger partial charge on any atom is 0.275 e. The highest BCUT2D eigenvalue weighted by molar-refractivity contribution is 9.10. The van der Waals surface area contributed by atoms with Crippen molar-refractivity contribution in [3.8, 4) is 0 Å². The van der Waals surface area contributed by atoms with E-state index >= 15 is 0 Å². The van der Waals surface area contributed by atoms with Crippen LogP contribution in [-0.4, -0.2) is 52.5 Å². The Bertz CT molecular complexity index is 679. The zero-order valence-corrected chi connectivity index (χ0v) is 15.4. The van der Waals surface area contributed by atoms with E-state index in [1.54, 1.807) is 11.1 Å². The summed E-state index contributed by atoms with van der Waals surface area (Å²) in [6.07, 6.45) is 4.65. The van der Waals surface area contributed by atoms with Crippen molar-refractivity contribution in [3.63, 3.8) is 0 Å². The molecule has 0 atom stereocenters. The average Bonchev–Trinajstić information content (AvgIpc) is 3.11. The summed E-state index contributed by atoms with van der Waals surface area (Å²) in [5.74, 6) is -0.0766. The van der Waals surface area contributed by atoms with E-state index in [0.717, 1.165) is 36.8 Å². The van der Waals surface area contributed by atoms with E-state index in [1.165, 1.54) is 5.56 Å². The van der Waals surface area contributed by atoms with Gasteiger partial charge in [-0.2, -0.15) is 0 Å². The predicted octanol–water partition coefficient (Wildman–Crippen LogP) is 2.28. The molecule has 0 unspecified atom stereocenters. The molecule has 2 aromatic rings. The molecule has 1 amide bonds. The van der Waals surface area contributed by atoms with Crippen LogP contribution in [0.2, 0.25) is 0 Å². The number of halogens is 1. The first-order valence-electron chi connectivity index (χ1n) is 8.26. The molecule has 0 aliphatic carbocycles. The molecule has 7 heteroatoms. The molecule has 1 aliphatic rings. The Morgan fingerprint density at radius 1 is 1.33 bits per heavy atom. The number of nitrogens with one attached hydrogen (secondary N) is 1. The van der Waals surface area contributed by atoms with Crippen LogP contribution in [0.3, 0.4) is 0 Å². The number of hydrogen-bond acceptors (Lipinski definition) is 4. The Balaban J connectivity index is 1.57. The van der Waals surface area contributed by atoms with E-state index in [9.17, 15) is 4.79 Å². The summed E-state index contributed by atoms with van der Waals surface area (Å²) < 4.78 is 2.90. The van der Waals surface area contributed by atoms with Crippen LogP contribution in [0.1, 0.15) is 34.9 Å². The molecule has 6 nitrogen and oxygen atoms in total. The van der Waals surface area contributed by atoms with Crippen LogP contribution in [0, 0.1) is 0 Å². The van der Waals surface area contributed by atoms with E-state index in [0.29, 0.717) is 18.3 Å². The summed E-state index contributed by atoms with van der Waals surface area (Å²) in [5.41, 5.74) is 1.63. The van der Waals surface area contributed by atoms with E-state index < -0.39 is 0 Å². The number of likely N-dealkylation sites (N-methyl/N-ethyl adjacent to an activating group) is 1. The van der Waals surface area contributed by atoms with Crippen LogP contribution >= 0.6 is 15.9 Å². The SMILES string of the molecule is CN(CCc1ccc(Br)cc1)C(=O)c1cn(C2CCNCC2)nn1. The van der Waals surface area contributed by atoms with E-state index in [4.69, 9.17) is 0 Å².